The van der Waals surface area contributed by atoms with Gasteiger partial charge in [0.15, 0.2) is 0 Å². The number of Topliss-reactive ketones (excluding diaryl/α,β-unsaturated/α-hetero) is 1. The molecule has 0 heterocycles. The quantitative estimate of drug-likeness (QED) is 0.522. The van der Waals surface area contributed by atoms with Crippen LogP contribution in [0.2, 0.25) is 0 Å². The van der Waals surface area contributed by atoms with Crippen LogP contribution in [0.1, 0.15) is 45.4 Å². The molecule has 1 aliphatic rings. The molecule has 0 atom stereocenters. The van der Waals surface area contributed by atoms with Gasteiger partial charge in [-0.1, -0.05) is 6.92 Å². The van der Waals surface area contributed by atoms with Crippen molar-refractivity contribution in [1.82, 2.24) is 4.31 Å². The topological polar surface area (TPSA) is 80.8 Å². The Labute approximate surface area is 126 Å². The first-order valence-corrected chi connectivity index (χ1v) is 9.20. The lowest BCUT2D eigenvalue weighted by molar-refractivity contribution is -0.144. The first-order valence-electron chi connectivity index (χ1n) is 7.36. The fourth-order valence-electron chi connectivity index (χ4n) is 2.88. The number of sulfonamides is 1. The highest BCUT2D eigenvalue weighted by Gasteiger charge is 2.33. The molecule has 1 aliphatic carbocycles. The molecule has 0 aliphatic heterocycles. The molecule has 0 saturated heterocycles. The Morgan fingerprint density at radius 3 is 2.19 bits per heavy atom. The maximum absolute atomic E-state index is 11.9. The zero-order chi connectivity index (χ0) is 16.0. The van der Waals surface area contributed by atoms with E-state index in [0.717, 1.165) is 6.42 Å². The molecule has 1 saturated carbocycles. The van der Waals surface area contributed by atoms with Crippen molar-refractivity contribution in [3.63, 3.8) is 0 Å². The summed E-state index contributed by atoms with van der Waals surface area (Å²) in [6.45, 7) is 2.47. The number of ketones is 1. The number of hydrogen-bond donors (Lipinski definition) is 0. The van der Waals surface area contributed by atoms with Gasteiger partial charge < -0.3 is 4.74 Å². The smallest absolute Gasteiger partial charge is 0.313 e. The Morgan fingerprint density at radius 2 is 1.76 bits per heavy atom. The summed E-state index contributed by atoms with van der Waals surface area (Å²) in [6, 6.07) is -0.0258. The second kappa shape index (κ2) is 7.89. The van der Waals surface area contributed by atoms with Gasteiger partial charge in [0.05, 0.1) is 13.4 Å². The summed E-state index contributed by atoms with van der Waals surface area (Å²) < 4.78 is 29.7. The minimum Gasteiger partial charge on any atom is -0.469 e. The molecule has 0 spiro atoms. The van der Waals surface area contributed by atoms with Gasteiger partial charge in [-0.05, 0) is 32.1 Å². The number of carbonyl (C=O) groups excluding carboxylic acids is 2. The second-order valence-electron chi connectivity index (χ2n) is 5.60. The lowest BCUT2D eigenvalue weighted by Crippen LogP contribution is -2.43. The van der Waals surface area contributed by atoms with Gasteiger partial charge >= 0.3 is 5.97 Å². The van der Waals surface area contributed by atoms with Crippen LogP contribution in [0, 0.1) is 5.92 Å². The molecule has 0 N–H and O–H groups in total. The number of rotatable bonds is 7. The molecule has 0 unspecified atom stereocenters. The molecule has 122 valence electrons. The highest BCUT2D eigenvalue weighted by atomic mass is 32.2. The summed E-state index contributed by atoms with van der Waals surface area (Å²) in [5.41, 5.74) is 0. The van der Waals surface area contributed by atoms with Crippen LogP contribution in [0.3, 0.4) is 0 Å². The van der Waals surface area contributed by atoms with E-state index in [0.29, 0.717) is 32.2 Å². The van der Waals surface area contributed by atoms with E-state index in [1.165, 1.54) is 13.4 Å². The SMILES string of the molecule is CCCN(C1CCC(C(=O)CC(=O)OC)CC1)S(C)(=O)=O. The van der Waals surface area contributed by atoms with Crippen molar-refractivity contribution in [1.29, 1.82) is 0 Å². The van der Waals surface area contributed by atoms with Crippen LogP contribution in [-0.4, -0.2) is 50.4 Å². The normalized spacial score (nSPS) is 23.0. The average Bonchev–Trinajstić information content (AvgIpc) is 2.43. The fraction of sp³-hybridized carbons (Fsp3) is 0.857. The number of esters is 1. The number of hydrogen-bond acceptors (Lipinski definition) is 5. The predicted octanol–water partition coefficient (Wildman–Crippen LogP) is 1.35. The number of ether oxygens (including phenoxy) is 1. The van der Waals surface area contributed by atoms with Gasteiger partial charge in [-0.15, -0.1) is 0 Å². The number of methoxy groups -OCH3 is 1. The van der Waals surface area contributed by atoms with E-state index in [9.17, 15) is 18.0 Å². The molecule has 1 fully saturated rings. The highest BCUT2D eigenvalue weighted by molar-refractivity contribution is 7.88. The van der Waals surface area contributed by atoms with Crippen LogP contribution in [-0.2, 0) is 24.3 Å². The lowest BCUT2D eigenvalue weighted by Gasteiger charge is -2.34. The molecule has 0 aromatic carbocycles. The molecule has 21 heavy (non-hydrogen) atoms. The van der Waals surface area contributed by atoms with Crippen LogP contribution >= 0.6 is 0 Å². The number of nitrogens with zero attached hydrogens (tertiary/aromatic N) is 1. The van der Waals surface area contributed by atoms with Crippen molar-refractivity contribution in [2.75, 3.05) is 19.9 Å². The third-order valence-electron chi connectivity index (χ3n) is 3.98. The lowest BCUT2D eigenvalue weighted by atomic mass is 9.82. The minimum absolute atomic E-state index is 0.0258. The summed E-state index contributed by atoms with van der Waals surface area (Å²) in [7, 11) is -1.95. The zero-order valence-corrected chi connectivity index (χ0v) is 13.8. The van der Waals surface area contributed by atoms with Crippen LogP contribution < -0.4 is 0 Å². The van der Waals surface area contributed by atoms with Crippen LogP contribution in [0.5, 0.6) is 0 Å². The summed E-state index contributed by atoms with van der Waals surface area (Å²) in [5.74, 6) is -0.754. The van der Waals surface area contributed by atoms with Crippen LogP contribution in [0.15, 0.2) is 0 Å². The molecule has 7 heteroatoms. The Hall–Kier alpha value is -0.950. The molecule has 0 aromatic heterocycles. The molecular formula is C14H25NO5S. The average molecular weight is 319 g/mol. The van der Waals surface area contributed by atoms with Gasteiger partial charge in [0.25, 0.3) is 0 Å². The minimum atomic E-state index is -3.21. The monoisotopic (exact) mass is 319 g/mol. The van der Waals surface area contributed by atoms with Crippen molar-refractivity contribution >= 4 is 21.8 Å². The van der Waals surface area contributed by atoms with E-state index >= 15 is 0 Å². The fourth-order valence-corrected chi connectivity index (χ4v) is 4.15. The van der Waals surface area contributed by atoms with E-state index < -0.39 is 16.0 Å². The van der Waals surface area contributed by atoms with Crippen molar-refractivity contribution < 1.29 is 22.7 Å². The first-order chi connectivity index (χ1) is 9.79. The Balaban J connectivity index is 2.58. The maximum atomic E-state index is 11.9. The molecule has 6 nitrogen and oxygen atoms in total. The summed E-state index contributed by atoms with van der Waals surface area (Å²) in [5, 5.41) is 0. The van der Waals surface area contributed by atoms with E-state index in [4.69, 9.17) is 0 Å². The van der Waals surface area contributed by atoms with E-state index in [-0.39, 0.29) is 24.2 Å². The largest absolute Gasteiger partial charge is 0.469 e. The number of carbonyl (C=O) groups is 2. The van der Waals surface area contributed by atoms with Crippen molar-refractivity contribution in [2.24, 2.45) is 5.92 Å². The second-order valence-corrected chi connectivity index (χ2v) is 7.53. The Bertz CT molecular complexity index is 466. The van der Waals surface area contributed by atoms with E-state index in [1.807, 2.05) is 6.92 Å². The van der Waals surface area contributed by atoms with Gasteiger partial charge in [0.2, 0.25) is 10.0 Å². The molecule has 0 amide bonds. The van der Waals surface area contributed by atoms with Crippen LogP contribution in [0.4, 0.5) is 0 Å². The summed E-state index contributed by atoms with van der Waals surface area (Å²) in [4.78, 5) is 23.1. The van der Waals surface area contributed by atoms with Crippen molar-refractivity contribution in [3.8, 4) is 0 Å². The highest BCUT2D eigenvalue weighted by Crippen LogP contribution is 2.30. The molecule has 0 aromatic rings. The molecular weight excluding hydrogens is 294 g/mol. The van der Waals surface area contributed by atoms with Gasteiger partial charge in [-0.2, -0.15) is 4.31 Å². The van der Waals surface area contributed by atoms with Gasteiger partial charge in [0.1, 0.15) is 12.2 Å². The molecule has 1 rings (SSSR count). The Kier molecular flexibility index (Phi) is 6.80. The first kappa shape index (κ1) is 18.1. The zero-order valence-electron chi connectivity index (χ0n) is 13.0. The Morgan fingerprint density at radius 1 is 1.19 bits per heavy atom. The third kappa shape index (κ3) is 5.39. The standard InChI is InChI=1S/C14H25NO5S/c1-4-9-15(21(3,18)19)12-7-5-11(6-8-12)13(16)10-14(17)20-2/h11-12H,4-10H2,1-3H3. The van der Waals surface area contributed by atoms with Gasteiger partial charge in [0, 0.05) is 18.5 Å². The van der Waals surface area contributed by atoms with E-state index in [2.05, 4.69) is 4.74 Å². The predicted molar refractivity (Wildman–Crippen MR) is 79.2 cm³/mol. The maximum Gasteiger partial charge on any atom is 0.313 e. The molecule has 0 radical (unpaired) electrons. The van der Waals surface area contributed by atoms with E-state index in [1.54, 1.807) is 4.31 Å². The van der Waals surface area contributed by atoms with Crippen LogP contribution in [0.25, 0.3) is 0 Å². The molecule has 0 bridgehead atoms. The van der Waals surface area contributed by atoms with Crippen molar-refractivity contribution in [2.45, 2.75) is 51.5 Å². The third-order valence-corrected chi connectivity index (χ3v) is 5.31. The summed E-state index contributed by atoms with van der Waals surface area (Å²) in [6.07, 6.45) is 4.43. The van der Waals surface area contributed by atoms with Crippen molar-refractivity contribution in [3.05, 3.63) is 0 Å². The summed E-state index contributed by atoms with van der Waals surface area (Å²) >= 11 is 0. The van der Waals surface area contributed by atoms with Gasteiger partial charge in [-0.25, -0.2) is 8.42 Å². The van der Waals surface area contributed by atoms with Gasteiger partial charge in [-0.3, -0.25) is 9.59 Å².